The van der Waals surface area contributed by atoms with E-state index in [4.69, 9.17) is 16.0 Å². The topological polar surface area (TPSA) is 36.7 Å². The molecule has 33 heavy (non-hydrogen) atoms. The fourth-order valence-corrected chi connectivity index (χ4v) is 4.74. The van der Waals surface area contributed by atoms with Crippen molar-refractivity contribution in [1.29, 1.82) is 0 Å². The van der Waals surface area contributed by atoms with Crippen LogP contribution in [0.15, 0.2) is 57.6 Å². The van der Waals surface area contributed by atoms with Crippen LogP contribution in [0.2, 0.25) is 5.02 Å². The number of carbonyl (C=O) groups excluding carboxylic acids is 1. The summed E-state index contributed by atoms with van der Waals surface area (Å²) in [5.41, 5.74) is 1.81. The highest BCUT2D eigenvalue weighted by molar-refractivity contribution is 9.10. The molecule has 0 radical (unpaired) electrons. The molecule has 0 atom stereocenters. The fraction of sp³-hybridized carbons (Fsp3) is 0.292. The van der Waals surface area contributed by atoms with Crippen LogP contribution in [0.1, 0.15) is 28.4 Å². The summed E-state index contributed by atoms with van der Waals surface area (Å²) < 4.78 is 45.1. The predicted molar refractivity (Wildman–Crippen MR) is 126 cm³/mol. The molecule has 0 aliphatic carbocycles. The maximum absolute atomic E-state index is 13.5. The molecule has 174 valence electrons. The van der Waals surface area contributed by atoms with Crippen molar-refractivity contribution >= 4 is 39.1 Å². The van der Waals surface area contributed by atoms with Crippen molar-refractivity contribution in [2.24, 2.45) is 0 Å². The first kappa shape index (κ1) is 23.7. The Morgan fingerprint density at radius 3 is 2.18 bits per heavy atom. The van der Waals surface area contributed by atoms with Gasteiger partial charge in [0.15, 0.2) is 4.67 Å². The number of amides is 1. The zero-order valence-corrected chi connectivity index (χ0v) is 20.1. The maximum Gasteiger partial charge on any atom is 0.416 e. The van der Waals surface area contributed by atoms with E-state index in [9.17, 15) is 18.0 Å². The molecule has 2 heterocycles. The molecule has 0 unspecified atom stereocenters. The van der Waals surface area contributed by atoms with Gasteiger partial charge in [0.05, 0.1) is 11.1 Å². The van der Waals surface area contributed by atoms with Gasteiger partial charge in [-0.25, -0.2) is 0 Å². The molecule has 1 aromatic heterocycles. The molecule has 1 aliphatic heterocycles. The fourth-order valence-electron chi connectivity index (χ4n) is 3.97. The summed E-state index contributed by atoms with van der Waals surface area (Å²) in [6.07, 6.45) is -3.89. The number of hydrogen-bond donors (Lipinski definition) is 0. The lowest BCUT2D eigenvalue weighted by Gasteiger charge is -2.36. The summed E-state index contributed by atoms with van der Waals surface area (Å²) in [6, 6.07) is 12.2. The summed E-state index contributed by atoms with van der Waals surface area (Å²) in [7, 11) is 0. The Bertz CT molecular complexity index is 1140. The van der Waals surface area contributed by atoms with Crippen LogP contribution in [0.4, 0.5) is 18.9 Å². The minimum absolute atomic E-state index is 0.188. The molecule has 1 saturated heterocycles. The number of carbonyl (C=O) groups is 1. The zero-order valence-electron chi connectivity index (χ0n) is 17.8. The van der Waals surface area contributed by atoms with Gasteiger partial charge >= 0.3 is 6.18 Å². The summed E-state index contributed by atoms with van der Waals surface area (Å²) in [4.78, 5) is 17.5. The van der Waals surface area contributed by atoms with Gasteiger partial charge in [0.1, 0.15) is 5.76 Å². The minimum atomic E-state index is -4.43. The molecule has 0 spiro atoms. The van der Waals surface area contributed by atoms with Crippen molar-refractivity contribution < 1.29 is 22.4 Å². The van der Waals surface area contributed by atoms with E-state index in [0.717, 1.165) is 17.8 Å². The van der Waals surface area contributed by atoms with Gasteiger partial charge in [-0.15, -0.1) is 0 Å². The zero-order chi connectivity index (χ0) is 23.8. The molecule has 2 aromatic carbocycles. The number of nitrogens with zero attached hydrogens (tertiary/aromatic N) is 2. The predicted octanol–water partition coefficient (Wildman–Crippen LogP) is 6.91. The minimum Gasteiger partial charge on any atom is -0.448 e. The summed E-state index contributed by atoms with van der Waals surface area (Å²) in [5, 5.41) is 0.668. The molecule has 0 saturated carbocycles. The molecule has 1 fully saturated rings. The molecular weight excluding hydrogens is 521 g/mol. The lowest BCUT2D eigenvalue weighted by molar-refractivity contribution is -0.137. The average Bonchev–Trinajstić information content (AvgIpc) is 3.15. The van der Waals surface area contributed by atoms with Crippen molar-refractivity contribution in [2.45, 2.75) is 19.5 Å². The van der Waals surface area contributed by atoms with Crippen molar-refractivity contribution in [3.8, 4) is 11.3 Å². The average molecular weight is 542 g/mol. The monoisotopic (exact) mass is 540 g/mol. The number of hydrogen-bond acceptors (Lipinski definition) is 3. The molecule has 0 N–H and O–H groups in total. The van der Waals surface area contributed by atoms with Crippen molar-refractivity contribution in [2.75, 3.05) is 31.1 Å². The lowest BCUT2D eigenvalue weighted by atomic mass is 10.0. The van der Waals surface area contributed by atoms with Gasteiger partial charge in [-0.1, -0.05) is 30.7 Å². The van der Waals surface area contributed by atoms with Gasteiger partial charge in [0.25, 0.3) is 5.91 Å². The van der Waals surface area contributed by atoms with Gasteiger partial charge in [-0.2, -0.15) is 13.2 Å². The number of anilines is 1. The van der Waals surface area contributed by atoms with Crippen LogP contribution in [0.3, 0.4) is 0 Å². The Morgan fingerprint density at radius 1 is 1.03 bits per heavy atom. The van der Waals surface area contributed by atoms with E-state index in [1.807, 2.05) is 31.2 Å². The van der Waals surface area contributed by atoms with E-state index in [1.165, 1.54) is 12.1 Å². The van der Waals surface area contributed by atoms with Crippen molar-refractivity contribution in [3.63, 3.8) is 0 Å². The van der Waals surface area contributed by atoms with Gasteiger partial charge in [0, 0.05) is 48.0 Å². The third-order valence-corrected chi connectivity index (χ3v) is 6.65. The second-order valence-corrected chi connectivity index (χ2v) is 8.90. The Morgan fingerprint density at radius 2 is 1.64 bits per heavy atom. The van der Waals surface area contributed by atoms with E-state index in [2.05, 4.69) is 20.8 Å². The second-order valence-electron chi connectivity index (χ2n) is 7.74. The van der Waals surface area contributed by atoms with Crippen LogP contribution >= 0.6 is 27.5 Å². The van der Waals surface area contributed by atoms with E-state index < -0.39 is 11.7 Å². The van der Waals surface area contributed by atoms with Crippen LogP contribution in [0, 0.1) is 0 Å². The summed E-state index contributed by atoms with van der Waals surface area (Å²) >= 11 is 9.34. The number of furan rings is 1. The molecule has 4 rings (SSSR count). The third-order valence-electron chi connectivity index (χ3n) is 5.76. The van der Waals surface area contributed by atoms with Crippen LogP contribution in [-0.4, -0.2) is 37.0 Å². The van der Waals surface area contributed by atoms with Crippen LogP contribution < -0.4 is 4.90 Å². The third kappa shape index (κ3) is 4.92. The van der Waals surface area contributed by atoms with Gasteiger partial charge in [0.2, 0.25) is 0 Å². The Labute approximate surface area is 203 Å². The molecule has 9 heteroatoms. The summed E-state index contributed by atoms with van der Waals surface area (Å²) in [6.45, 7) is 4.24. The number of halogens is 5. The van der Waals surface area contributed by atoms with Gasteiger partial charge in [-0.05, 0) is 58.7 Å². The van der Waals surface area contributed by atoms with Crippen LogP contribution in [0.25, 0.3) is 11.3 Å². The van der Waals surface area contributed by atoms with Crippen molar-refractivity contribution in [1.82, 2.24) is 4.90 Å². The van der Waals surface area contributed by atoms with Crippen LogP contribution in [0.5, 0.6) is 0 Å². The second kappa shape index (κ2) is 9.43. The molecular formula is C24H21BrClF3N2O2. The largest absolute Gasteiger partial charge is 0.448 e. The normalized spacial score (nSPS) is 14.6. The maximum atomic E-state index is 13.5. The highest BCUT2D eigenvalue weighted by atomic mass is 79.9. The first-order chi connectivity index (χ1) is 15.7. The van der Waals surface area contributed by atoms with E-state index >= 15 is 0 Å². The Balaban J connectivity index is 1.58. The summed E-state index contributed by atoms with van der Waals surface area (Å²) in [5.74, 6) is 0.0875. The molecule has 1 amide bonds. The number of rotatable bonds is 4. The van der Waals surface area contributed by atoms with Gasteiger partial charge in [-0.3, -0.25) is 4.79 Å². The van der Waals surface area contributed by atoms with Crippen LogP contribution in [-0.2, 0) is 12.6 Å². The number of alkyl halides is 3. The lowest BCUT2D eigenvalue weighted by Crippen LogP contribution is -2.49. The van der Waals surface area contributed by atoms with Crippen molar-refractivity contribution in [3.05, 3.63) is 74.9 Å². The van der Waals surface area contributed by atoms with E-state index in [0.29, 0.717) is 59.0 Å². The Hall–Kier alpha value is -2.45. The highest BCUT2D eigenvalue weighted by Gasteiger charge is 2.32. The first-order valence-electron chi connectivity index (χ1n) is 10.5. The standard InChI is InChI=1S/C24H21BrClF3N2O2/c1-2-19-20(21(33-22(19)25)15-3-5-16(6-4-15)24(27,28)29)23(32)31-13-11-30(12-14-31)18-9-7-17(26)8-10-18/h3-10H,2,11-14H2,1H3. The Kier molecular flexibility index (Phi) is 6.77. The quantitative estimate of drug-likeness (QED) is 0.360. The SMILES string of the molecule is CCc1c(Br)oc(-c2ccc(C(F)(F)F)cc2)c1C(=O)N1CCN(c2ccc(Cl)cc2)CC1. The number of benzene rings is 2. The molecule has 3 aromatic rings. The first-order valence-corrected chi connectivity index (χ1v) is 11.6. The van der Waals surface area contributed by atoms with E-state index in [1.54, 1.807) is 4.90 Å². The molecule has 1 aliphatic rings. The number of piperazine rings is 1. The van der Waals surface area contributed by atoms with E-state index in [-0.39, 0.29) is 11.7 Å². The smallest absolute Gasteiger partial charge is 0.416 e. The molecule has 4 nitrogen and oxygen atoms in total. The van der Waals surface area contributed by atoms with Gasteiger partial charge < -0.3 is 14.2 Å². The highest BCUT2D eigenvalue weighted by Crippen LogP contribution is 2.38. The molecule has 0 bridgehead atoms.